The molecular formula is C22H26N4OS. The maximum absolute atomic E-state index is 12.0. The van der Waals surface area contributed by atoms with Gasteiger partial charge in [0.2, 0.25) is 5.91 Å². The van der Waals surface area contributed by atoms with Gasteiger partial charge in [-0.2, -0.15) is 0 Å². The number of rotatable bonds is 6. The molecule has 1 aliphatic heterocycles. The van der Waals surface area contributed by atoms with Gasteiger partial charge in [-0.05, 0) is 36.6 Å². The number of nitrogens with one attached hydrogen (secondary N) is 3. The molecule has 5 nitrogen and oxygen atoms in total. The van der Waals surface area contributed by atoms with Crippen LogP contribution in [0, 0.1) is 0 Å². The molecule has 2 aromatic rings. The van der Waals surface area contributed by atoms with Crippen LogP contribution in [-0.4, -0.2) is 36.8 Å². The first kappa shape index (κ1) is 18.9. The van der Waals surface area contributed by atoms with Crippen molar-refractivity contribution >= 4 is 29.3 Å². The van der Waals surface area contributed by atoms with E-state index in [1.807, 2.05) is 30.0 Å². The molecule has 2 aliphatic rings. The third-order valence-corrected chi connectivity index (χ3v) is 6.80. The lowest BCUT2D eigenvalue weighted by atomic mass is 9.90. The average molecular weight is 395 g/mol. The highest BCUT2D eigenvalue weighted by Gasteiger charge is 2.43. The summed E-state index contributed by atoms with van der Waals surface area (Å²) < 4.78 is 0.260. The van der Waals surface area contributed by atoms with Crippen molar-refractivity contribution in [3.63, 3.8) is 0 Å². The van der Waals surface area contributed by atoms with E-state index in [0.717, 1.165) is 18.2 Å². The van der Waals surface area contributed by atoms with Gasteiger partial charge in [0.1, 0.15) is 0 Å². The highest BCUT2D eigenvalue weighted by molar-refractivity contribution is 8.01. The molecule has 1 aliphatic carbocycles. The number of amides is 1. The molecule has 1 unspecified atom stereocenters. The first-order valence-electron chi connectivity index (χ1n) is 9.75. The summed E-state index contributed by atoms with van der Waals surface area (Å²) in [7, 11) is 1.79. The molecule has 1 saturated carbocycles. The SMILES string of the molecule is CN=C(NCC1CC(=O)Nc2ccccc21)NCC1(Sc2ccccc2)CC1. The number of hydrogen-bond donors (Lipinski definition) is 3. The fourth-order valence-electron chi connectivity index (χ4n) is 3.56. The number of nitrogens with zero attached hydrogens (tertiary/aromatic N) is 1. The minimum Gasteiger partial charge on any atom is -0.356 e. The molecule has 0 saturated heterocycles. The molecule has 3 N–H and O–H groups in total. The monoisotopic (exact) mass is 394 g/mol. The quantitative estimate of drug-likeness (QED) is 0.517. The number of benzene rings is 2. The van der Waals surface area contributed by atoms with Gasteiger partial charge in [-0.1, -0.05) is 36.4 Å². The van der Waals surface area contributed by atoms with Crippen molar-refractivity contribution in [3.8, 4) is 0 Å². The number of fused-ring (bicyclic) bond motifs is 1. The van der Waals surface area contributed by atoms with E-state index >= 15 is 0 Å². The van der Waals surface area contributed by atoms with Crippen molar-refractivity contribution in [1.29, 1.82) is 0 Å². The Morgan fingerprint density at radius 2 is 1.89 bits per heavy atom. The third kappa shape index (κ3) is 4.50. The molecular weight excluding hydrogens is 368 g/mol. The standard InChI is InChI=1S/C22H26N4OS/c1-23-21(25-15-22(11-12-22)28-17-7-3-2-4-8-17)24-14-16-13-20(27)26-19-10-6-5-9-18(16)19/h2-10,16H,11-15H2,1H3,(H,26,27)(H2,23,24,25). The summed E-state index contributed by atoms with van der Waals surface area (Å²) in [6.07, 6.45) is 2.92. The topological polar surface area (TPSA) is 65.5 Å². The van der Waals surface area contributed by atoms with Gasteiger partial charge in [-0.25, -0.2) is 0 Å². The Balaban J connectivity index is 1.32. The number of anilines is 1. The Hall–Kier alpha value is -2.47. The van der Waals surface area contributed by atoms with E-state index in [4.69, 9.17) is 0 Å². The number of carbonyl (C=O) groups excluding carboxylic acids is 1. The molecule has 1 amide bonds. The van der Waals surface area contributed by atoms with Gasteiger partial charge in [0.25, 0.3) is 0 Å². The molecule has 4 rings (SSSR count). The van der Waals surface area contributed by atoms with E-state index < -0.39 is 0 Å². The molecule has 2 aromatic carbocycles. The van der Waals surface area contributed by atoms with Crippen molar-refractivity contribution < 1.29 is 4.79 Å². The first-order valence-corrected chi connectivity index (χ1v) is 10.6. The summed E-state index contributed by atoms with van der Waals surface area (Å²) in [6, 6.07) is 18.6. The summed E-state index contributed by atoms with van der Waals surface area (Å²) >= 11 is 1.95. The maximum atomic E-state index is 12.0. The summed E-state index contributed by atoms with van der Waals surface area (Å²) in [5.41, 5.74) is 2.10. The average Bonchev–Trinajstić information content (AvgIpc) is 3.48. The fraction of sp³-hybridized carbons (Fsp3) is 0.364. The molecule has 28 heavy (non-hydrogen) atoms. The lowest BCUT2D eigenvalue weighted by Crippen LogP contribution is -2.43. The molecule has 146 valence electrons. The minimum atomic E-state index is 0.0737. The van der Waals surface area contributed by atoms with Gasteiger partial charge in [0.05, 0.1) is 0 Å². The summed E-state index contributed by atoms with van der Waals surface area (Å²) in [5.74, 6) is 1.02. The fourth-order valence-corrected chi connectivity index (χ4v) is 4.81. The van der Waals surface area contributed by atoms with Crippen molar-refractivity contribution in [2.75, 3.05) is 25.5 Å². The second-order valence-electron chi connectivity index (χ2n) is 7.44. The second kappa shape index (κ2) is 8.27. The van der Waals surface area contributed by atoms with Crippen LogP contribution in [0.25, 0.3) is 0 Å². The summed E-state index contributed by atoms with van der Waals surface area (Å²) in [6.45, 7) is 1.57. The van der Waals surface area contributed by atoms with Crippen LogP contribution < -0.4 is 16.0 Å². The van der Waals surface area contributed by atoms with Crippen LogP contribution in [0.2, 0.25) is 0 Å². The highest BCUT2D eigenvalue weighted by Crippen LogP contribution is 2.51. The van der Waals surface area contributed by atoms with Crippen LogP contribution in [0.1, 0.15) is 30.7 Å². The highest BCUT2D eigenvalue weighted by atomic mass is 32.2. The zero-order valence-electron chi connectivity index (χ0n) is 16.1. The van der Waals surface area contributed by atoms with Gasteiger partial charge in [-0.3, -0.25) is 9.79 Å². The summed E-state index contributed by atoms with van der Waals surface area (Å²) in [4.78, 5) is 17.7. The first-order chi connectivity index (χ1) is 13.7. The van der Waals surface area contributed by atoms with E-state index in [1.165, 1.54) is 23.3 Å². The van der Waals surface area contributed by atoms with Crippen molar-refractivity contribution in [2.45, 2.75) is 34.8 Å². The number of hydrogen-bond acceptors (Lipinski definition) is 3. The smallest absolute Gasteiger partial charge is 0.225 e. The molecule has 0 radical (unpaired) electrons. The number of guanidine groups is 1. The van der Waals surface area contributed by atoms with E-state index in [1.54, 1.807) is 7.05 Å². The molecule has 1 atom stereocenters. The second-order valence-corrected chi connectivity index (χ2v) is 8.98. The van der Waals surface area contributed by atoms with Gasteiger partial charge >= 0.3 is 0 Å². The predicted octanol–water partition coefficient (Wildman–Crippen LogP) is 3.60. The number of carbonyl (C=O) groups is 1. The van der Waals surface area contributed by atoms with E-state index in [2.05, 4.69) is 57.3 Å². The zero-order valence-corrected chi connectivity index (χ0v) is 16.9. The van der Waals surface area contributed by atoms with Crippen molar-refractivity contribution in [2.24, 2.45) is 4.99 Å². The predicted molar refractivity (Wildman–Crippen MR) is 116 cm³/mol. The Kier molecular flexibility index (Phi) is 5.57. The van der Waals surface area contributed by atoms with Gasteiger partial charge in [-0.15, -0.1) is 11.8 Å². The van der Waals surface area contributed by atoms with Crippen LogP contribution in [0.3, 0.4) is 0 Å². The number of para-hydroxylation sites is 1. The largest absolute Gasteiger partial charge is 0.356 e. The Labute approximate surface area is 170 Å². The van der Waals surface area contributed by atoms with Crippen LogP contribution in [0.5, 0.6) is 0 Å². The van der Waals surface area contributed by atoms with E-state index in [0.29, 0.717) is 13.0 Å². The number of aliphatic imine (C=N–C) groups is 1. The Morgan fingerprint density at radius 1 is 1.14 bits per heavy atom. The molecule has 1 fully saturated rings. The van der Waals surface area contributed by atoms with Crippen LogP contribution >= 0.6 is 11.8 Å². The van der Waals surface area contributed by atoms with Crippen molar-refractivity contribution in [1.82, 2.24) is 10.6 Å². The number of thioether (sulfide) groups is 1. The third-order valence-electron chi connectivity index (χ3n) is 5.31. The minimum absolute atomic E-state index is 0.0737. The normalized spacial score (nSPS) is 20.1. The molecule has 0 aromatic heterocycles. The van der Waals surface area contributed by atoms with Crippen molar-refractivity contribution in [3.05, 3.63) is 60.2 Å². The zero-order chi connectivity index (χ0) is 19.4. The Bertz CT molecular complexity index is 864. The van der Waals surface area contributed by atoms with Gasteiger partial charge in [0.15, 0.2) is 5.96 Å². The van der Waals surface area contributed by atoms with E-state index in [9.17, 15) is 4.79 Å². The van der Waals surface area contributed by atoms with E-state index in [-0.39, 0.29) is 16.6 Å². The van der Waals surface area contributed by atoms with Crippen LogP contribution in [0.4, 0.5) is 5.69 Å². The van der Waals surface area contributed by atoms with Crippen LogP contribution in [0.15, 0.2) is 64.5 Å². The molecule has 0 spiro atoms. The van der Waals surface area contributed by atoms with Gasteiger partial charge < -0.3 is 16.0 Å². The molecule has 0 bridgehead atoms. The molecule has 1 heterocycles. The lowest BCUT2D eigenvalue weighted by molar-refractivity contribution is -0.116. The lowest BCUT2D eigenvalue weighted by Gasteiger charge is -2.26. The molecule has 6 heteroatoms. The van der Waals surface area contributed by atoms with Gasteiger partial charge in [0, 0.05) is 47.8 Å². The maximum Gasteiger partial charge on any atom is 0.225 e. The van der Waals surface area contributed by atoms with Crippen LogP contribution in [-0.2, 0) is 4.79 Å². The summed E-state index contributed by atoms with van der Waals surface area (Å²) in [5, 5.41) is 9.85. The Morgan fingerprint density at radius 3 is 2.64 bits per heavy atom.